The third-order valence-electron chi connectivity index (χ3n) is 1.69. The molecule has 1 aliphatic rings. The molecule has 0 atom stereocenters. The van der Waals surface area contributed by atoms with Crippen molar-refractivity contribution < 1.29 is 4.74 Å². The Balaban J connectivity index is 2.26. The number of hydrogen-bond acceptors (Lipinski definition) is 3. The van der Waals surface area contributed by atoms with Gasteiger partial charge in [0.25, 0.3) is 0 Å². The molecule has 0 aliphatic heterocycles. The van der Waals surface area contributed by atoms with Crippen molar-refractivity contribution in [3.8, 4) is 5.75 Å². The Kier molecular flexibility index (Phi) is 1.81. The first-order valence-electron chi connectivity index (χ1n) is 3.84. The van der Waals surface area contributed by atoms with Gasteiger partial charge in [0, 0.05) is 6.20 Å². The maximum absolute atomic E-state index is 5.86. The van der Waals surface area contributed by atoms with E-state index in [0.29, 0.717) is 22.7 Å². The molecule has 0 saturated heterocycles. The summed E-state index contributed by atoms with van der Waals surface area (Å²) in [7, 11) is 0. The van der Waals surface area contributed by atoms with E-state index in [1.165, 1.54) is 0 Å². The molecule has 0 radical (unpaired) electrons. The van der Waals surface area contributed by atoms with E-state index in [9.17, 15) is 0 Å². The molecule has 1 heterocycles. The van der Waals surface area contributed by atoms with E-state index in [1.54, 1.807) is 12.3 Å². The summed E-state index contributed by atoms with van der Waals surface area (Å²) >= 11 is 5.86. The van der Waals surface area contributed by atoms with Gasteiger partial charge in [-0.05, 0) is 18.9 Å². The van der Waals surface area contributed by atoms with Gasteiger partial charge in [-0.3, -0.25) is 0 Å². The van der Waals surface area contributed by atoms with Crippen LogP contribution in [-0.2, 0) is 0 Å². The summed E-state index contributed by atoms with van der Waals surface area (Å²) in [6, 6.07) is 1.68. The van der Waals surface area contributed by atoms with Crippen molar-refractivity contribution in [3.05, 3.63) is 17.3 Å². The molecule has 4 heteroatoms. The average molecular weight is 185 g/mol. The van der Waals surface area contributed by atoms with E-state index >= 15 is 0 Å². The Morgan fingerprint density at radius 1 is 1.58 bits per heavy atom. The highest BCUT2D eigenvalue weighted by Gasteiger charge is 2.25. The van der Waals surface area contributed by atoms with E-state index in [1.807, 2.05) is 0 Å². The number of anilines is 1. The topological polar surface area (TPSA) is 48.1 Å². The summed E-state index contributed by atoms with van der Waals surface area (Å²) in [5, 5.41) is 0.536. The normalized spacial score (nSPS) is 16.1. The minimum absolute atomic E-state index is 0.300. The third kappa shape index (κ3) is 1.46. The van der Waals surface area contributed by atoms with Crippen molar-refractivity contribution in [2.45, 2.75) is 18.9 Å². The fraction of sp³-hybridized carbons (Fsp3) is 0.375. The van der Waals surface area contributed by atoms with Crippen LogP contribution in [0.3, 0.4) is 0 Å². The zero-order valence-corrected chi connectivity index (χ0v) is 7.21. The number of rotatable bonds is 2. The second kappa shape index (κ2) is 2.83. The van der Waals surface area contributed by atoms with Crippen molar-refractivity contribution in [1.29, 1.82) is 0 Å². The number of nitrogen functional groups attached to an aromatic ring is 1. The highest BCUT2D eigenvalue weighted by Crippen LogP contribution is 2.34. The van der Waals surface area contributed by atoms with Gasteiger partial charge < -0.3 is 10.5 Å². The van der Waals surface area contributed by atoms with Gasteiger partial charge in [-0.2, -0.15) is 0 Å². The van der Waals surface area contributed by atoms with Crippen LogP contribution in [-0.4, -0.2) is 11.1 Å². The van der Waals surface area contributed by atoms with Crippen LogP contribution in [0.2, 0.25) is 5.02 Å². The lowest BCUT2D eigenvalue weighted by molar-refractivity contribution is 0.304. The first-order chi connectivity index (χ1) is 5.77. The number of ether oxygens (including phenoxy) is 1. The molecule has 0 bridgehead atoms. The van der Waals surface area contributed by atoms with Crippen LogP contribution in [0.5, 0.6) is 5.75 Å². The second-order valence-corrected chi connectivity index (χ2v) is 3.23. The van der Waals surface area contributed by atoms with Crippen LogP contribution in [0.15, 0.2) is 12.3 Å². The lowest BCUT2D eigenvalue weighted by Gasteiger charge is -2.07. The number of hydrogen-bond donors (Lipinski definition) is 1. The van der Waals surface area contributed by atoms with Crippen molar-refractivity contribution >= 4 is 17.4 Å². The Hall–Kier alpha value is -0.960. The van der Waals surface area contributed by atoms with E-state index in [0.717, 1.165) is 12.8 Å². The van der Waals surface area contributed by atoms with Gasteiger partial charge in [-0.15, -0.1) is 0 Å². The quantitative estimate of drug-likeness (QED) is 0.763. The van der Waals surface area contributed by atoms with Gasteiger partial charge in [0.05, 0.1) is 11.1 Å². The Labute approximate surface area is 75.5 Å². The van der Waals surface area contributed by atoms with E-state index in [-0.39, 0.29) is 0 Å². The molecule has 0 spiro atoms. The van der Waals surface area contributed by atoms with Crippen LogP contribution in [0.1, 0.15) is 12.8 Å². The number of pyridine rings is 1. The SMILES string of the molecule is Nc1nccc(Cl)c1OC1CC1. The molecule has 3 nitrogen and oxygen atoms in total. The Bertz CT molecular complexity index is 279. The molecule has 1 aromatic heterocycles. The third-order valence-corrected chi connectivity index (χ3v) is 1.99. The predicted molar refractivity (Wildman–Crippen MR) is 47.3 cm³/mol. The lowest BCUT2D eigenvalue weighted by Crippen LogP contribution is -2.01. The van der Waals surface area contributed by atoms with Gasteiger partial charge >= 0.3 is 0 Å². The monoisotopic (exact) mass is 184 g/mol. The first kappa shape index (κ1) is 7.68. The summed E-state index contributed by atoms with van der Waals surface area (Å²) in [5.74, 6) is 0.899. The van der Waals surface area contributed by atoms with E-state index < -0.39 is 0 Å². The Morgan fingerprint density at radius 2 is 2.33 bits per heavy atom. The van der Waals surface area contributed by atoms with Crippen LogP contribution in [0, 0.1) is 0 Å². The largest absolute Gasteiger partial charge is 0.485 e. The minimum Gasteiger partial charge on any atom is -0.485 e. The highest BCUT2D eigenvalue weighted by molar-refractivity contribution is 6.32. The molecule has 64 valence electrons. The van der Waals surface area contributed by atoms with Crippen molar-refractivity contribution in [2.24, 2.45) is 0 Å². The zero-order valence-electron chi connectivity index (χ0n) is 6.46. The van der Waals surface area contributed by atoms with E-state index in [4.69, 9.17) is 22.1 Å². The average Bonchev–Trinajstić information content (AvgIpc) is 2.80. The summed E-state index contributed by atoms with van der Waals surface area (Å²) in [4.78, 5) is 3.89. The minimum atomic E-state index is 0.300. The molecule has 12 heavy (non-hydrogen) atoms. The van der Waals surface area contributed by atoms with Crippen LogP contribution in [0.25, 0.3) is 0 Å². The predicted octanol–water partition coefficient (Wildman–Crippen LogP) is 1.86. The molecule has 1 saturated carbocycles. The van der Waals surface area contributed by atoms with Gasteiger partial charge in [-0.1, -0.05) is 11.6 Å². The standard InChI is InChI=1S/C8H9ClN2O/c9-6-3-4-11-8(10)7(6)12-5-1-2-5/h3-5H,1-2H2,(H2,10,11). The van der Waals surface area contributed by atoms with Crippen molar-refractivity contribution in [1.82, 2.24) is 4.98 Å². The fourth-order valence-electron chi connectivity index (χ4n) is 0.909. The molecular formula is C8H9ClN2O. The summed E-state index contributed by atoms with van der Waals surface area (Å²) < 4.78 is 5.47. The van der Waals surface area contributed by atoms with Crippen LogP contribution < -0.4 is 10.5 Å². The second-order valence-electron chi connectivity index (χ2n) is 2.82. The van der Waals surface area contributed by atoms with Crippen molar-refractivity contribution in [3.63, 3.8) is 0 Å². The summed E-state index contributed by atoms with van der Waals surface area (Å²) in [6.45, 7) is 0. The number of nitrogens with zero attached hydrogens (tertiary/aromatic N) is 1. The highest BCUT2D eigenvalue weighted by atomic mass is 35.5. The molecule has 0 aromatic carbocycles. The number of halogens is 1. The molecule has 1 fully saturated rings. The van der Waals surface area contributed by atoms with E-state index in [2.05, 4.69) is 4.98 Å². The van der Waals surface area contributed by atoms with Crippen LogP contribution in [0.4, 0.5) is 5.82 Å². The molecular weight excluding hydrogens is 176 g/mol. The molecule has 2 rings (SSSR count). The first-order valence-corrected chi connectivity index (χ1v) is 4.22. The molecule has 0 amide bonds. The van der Waals surface area contributed by atoms with Gasteiger partial charge in [0.15, 0.2) is 11.6 Å². The fourth-order valence-corrected chi connectivity index (χ4v) is 1.11. The maximum atomic E-state index is 5.86. The lowest BCUT2D eigenvalue weighted by atomic mass is 10.4. The van der Waals surface area contributed by atoms with Gasteiger partial charge in [0.2, 0.25) is 0 Å². The summed E-state index contributed by atoms with van der Waals surface area (Å²) in [6.07, 6.45) is 4.04. The smallest absolute Gasteiger partial charge is 0.180 e. The van der Waals surface area contributed by atoms with Crippen molar-refractivity contribution in [2.75, 3.05) is 5.73 Å². The molecule has 0 unspecified atom stereocenters. The number of nitrogens with two attached hydrogens (primary N) is 1. The van der Waals surface area contributed by atoms with Crippen LogP contribution >= 0.6 is 11.6 Å². The molecule has 1 aromatic rings. The van der Waals surface area contributed by atoms with Gasteiger partial charge in [0.1, 0.15) is 0 Å². The molecule has 1 aliphatic carbocycles. The van der Waals surface area contributed by atoms with Gasteiger partial charge in [-0.25, -0.2) is 4.98 Å². The summed E-state index contributed by atoms with van der Waals surface area (Å²) in [5.41, 5.74) is 5.58. The number of aromatic nitrogens is 1. The Morgan fingerprint density at radius 3 is 2.92 bits per heavy atom. The zero-order chi connectivity index (χ0) is 8.55. The maximum Gasteiger partial charge on any atom is 0.180 e. The molecule has 2 N–H and O–H groups in total.